The van der Waals surface area contributed by atoms with E-state index in [9.17, 15) is 13.8 Å². The Morgan fingerprint density at radius 3 is 2.56 bits per heavy atom. The molecule has 0 radical (unpaired) electrons. The minimum Gasteiger partial charge on any atom is -0.327 e. The molecule has 7 heteroatoms. The molecule has 2 amide bonds. The first-order chi connectivity index (χ1) is 13.0. The number of nitrogens with zero attached hydrogens (tertiary/aromatic N) is 2. The highest BCUT2D eigenvalue weighted by Crippen LogP contribution is 2.41. The molecule has 1 aliphatic carbocycles. The van der Waals surface area contributed by atoms with Gasteiger partial charge in [-0.25, -0.2) is 4.21 Å². The van der Waals surface area contributed by atoms with Crippen LogP contribution in [0, 0.1) is 5.92 Å². The van der Waals surface area contributed by atoms with Gasteiger partial charge in [0.05, 0.1) is 9.73 Å². The first-order valence-corrected chi connectivity index (χ1v) is 11.7. The lowest BCUT2D eigenvalue weighted by atomic mass is 9.84. The fraction of sp³-hybridized carbons (Fsp3) is 0.600. The van der Waals surface area contributed by atoms with Gasteiger partial charge < -0.3 is 10.6 Å². The summed E-state index contributed by atoms with van der Waals surface area (Å²) in [4.78, 5) is 28.0. The Labute approximate surface area is 160 Å². The molecule has 5 atom stereocenters. The van der Waals surface area contributed by atoms with Gasteiger partial charge in [-0.15, -0.1) is 0 Å². The third-order valence-corrected chi connectivity index (χ3v) is 8.50. The molecule has 2 saturated heterocycles. The van der Waals surface area contributed by atoms with Gasteiger partial charge in [0.2, 0.25) is 0 Å². The topological polar surface area (TPSA) is 92.8 Å². The Hall–Kier alpha value is -1.73. The zero-order chi connectivity index (χ0) is 19.0. The lowest BCUT2D eigenvalue weighted by Gasteiger charge is -2.33. The summed E-state index contributed by atoms with van der Waals surface area (Å²) in [6, 6.07) is 8.44. The van der Waals surface area contributed by atoms with Crippen molar-refractivity contribution in [3.8, 4) is 0 Å². The van der Waals surface area contributed by atoms with Crippen molar-refractivity contribution in [3.05, 3.63) is 35.9 Å². The fourth-order valence-electron chi connectivity index (χ4n) is 4.85. The Balaban J connectivity index is 1.65. The Morgan fingerprint density at radius 1 is 1.11 bits per heavy atom. The molecule has 3 fully saturated rings. The highest BCUT2D eigenvalue weighted by atomic mass is 32.2. The molecule has 2 aliphatic heterocycles. The number of rotatable bonds is 2. The predicted octanol–water partition coefficient (Wildman–Crippen LogP) is 2.19. The van der Waals surface area contributed by atoms with Crippen molar-refractivity contribution < 1.29 is 13.8 Å². The Morgan fingerprint density at radius 2 is 1.85 bits per heavy atom. The van der Waals surface area contributed by atoms with Crippen LogP contribution in [0.2, 0.25) is 0 Å². The van der Waals surface area contributed by atoms with Gasteiger partial charge in [0.25, 0.3) is 11.8 Å². The van der Waals surface area contributed by atoms with Crippen molar-refractivity contribution >= 4 is 21.5 Å². The smallest absolute Gasteiger partial charge is 0.276 e. The second-order valence-corrected chi connectivity index (χ2v) is 10.5. The van der Waals surface area contributed by atoms with E-state index in [-0.39, 0.29) is 23.7 Å². The maximum atomic E-state index is 13.2. The van der Waals surface area contributed by atoms with Gasteiger partial charge in [-0.3, -0.25) is 9.59 Å². The fourth-order valence-corrected chi connectivity index (χ4v) is 7.14. The number of carbonyl (C=O) groups excluding carboxylic acids is 2. The number of nitrogens with two attached hydrogens (primary N) is 1. The van der Waals surface area contributed by atoms with Gasteiger partial charge in [-0.1, -0.05) is 31.0 Å². The van der Waals surface area contributed by atoms with Crippen LogP contribution in [0.15, 0.2) is 34.7 Å². The molecule has 2 unspecified atom stereocenters. The van der Waals surface area contributed by atoms with Crippen LogP contribution in [-0.2, 0) is 14.5 Å². The summed E-state index contributed by atoms with van der Waals surface area (Å²) in [6.07, 6.45) is 5.44. The normalized spacial score (nSPS) is 35.7. The van der Waals surface area contributed by atoms with Crippen LogP contribution in [0.3, 0.4) is 0 Å². The minimum absolute atomic E-state index is 0.0824. The van der Waals surface area contributed by atoms with E-state index in [1.165, 1.54) is 0 Å². The van der Waals surface area contributed by atoms with Crippen molar-refractivity contribution in [2.45, 2.75) is 56.7 Å². The average molecular weight is 390 g/mol. The summed E-state index contributed by atoms with van der Waals surface area (Å²) in [5.41, 5.74) is 6.46. The van der Waals surface area contributed by atoms with E-state index < -0.39 is 21.7 Å². The van der Waals surface area contributed by atoms with Crippen LogP contribution in [0.5, 0.6) is 0 Å². The van der Waals surface area contributed by atoms with E-state index in [4.69, 9.17) is 5.73 Å². The average Bonchev–Trinajstić information content (AvgIpc) is 3.22. The summed E-state index contributed by atoms with van der Waals surface area (Å²) in [5.74, 6) is 0.486. The zero-order valence-electron chi connectivity index (χ0n) is 15.5. The number of carbonyl (C=O) groups is 2. The summed E-state index contributed by atoms with van der Waals surface area (Å²) in [6.45, 7) is 0. The number of fused-ring (bicyclic) bond motifs is 1. The summed E-state index contributed by atoms with van der Waals surface area (Å²) < 4.78 is 17.0. The number of likely N-dealkylation sites (tertiary alicyclic amines) is 1. The molecule has 2 heterocycles. The zero-order valence-corrected chi connectivity index (χ0v) is 16.3. The number of benzene rings is 1. The molecular formula is C20H27N3O3S. The van der Waals surface area contributed by atoms with E-state index in [2.05, 4.69) is 4.36 Å². The summed E-state index contributed by atoms with van der Waals surface area (Å²) in [5, 5.41) is 0. The van der Waals surface area contributed by atoms with Crippen molar-refractivity contribution in [1.82, 2.24) is 4.90 Å². The van der Waals surface area contributed by atoms with Gasteiger partial charge >= 0.3 is 0 Å². The van der Waals surface area contributed by atoms with E-state index >= 15 is 0 Å². The second kappa shape index (κ2) is 7.36. The first-order valence-electron chi connectivity index (χ1n) is 9.86. The van der Waals surface area contributed by atoms with Crippen molar-refractivity contribution in [2.24, 2.45) is 16.0 Å². The van der Waals surface area contributed by atoms with E-state index in [1.54, 1.807) is 17.0 Å². The molecule has 146 valence electrons. The third-order valence-electron chi connectivity index (χ3n) is 6.17. The standard InChI is InChI=1S/C20H27N3O3S/c21-16-10-11-27(26,13-16)22-19(24)18-12-15-8-4-5-9-17(15)23(18)20(25)14-6-2-1-3-7-14/h1-3,6-7,15-18H,4-5,8-13,21H2/t15-,16?,17-,18-,27?/m0/s1. The highest BCUT2D eigenvalue weighted by Gasteiger charge is 2.48. The monoisotopic (exact) mass is 389 g/mol. The van der Waals surface area contributed by atoms with Crippen LogP contribution >= 0.6 is 0 Å². The summed E-state index contributed by atoms with van der Waals surface area (Å²) >= 11 is 0. The maximum Gasteiger partial charge on any atom is 0.276 e. The lowest BCUT2D eigenvalue weighted by molar-refractivity contribution is -0.121. The largest absolute Gasteiger partial charge is 0.327 e. The molecule has 4 rings (SSSR count). The minimum atomic E-state index is -2.57. The molecule has 1 saturated carbocycles. The molecule has 0 bridgehead atoms. The van der Waals surface area contributed by atoms with E-state index in [0.717, 1.165) is 25.7 Å². The van der Waals surface area contributed by atoms with Gasteiger partial charge in [0.15, 0.2) is 0 Å². The lowest BCUT2D eigenvalue weighted by Crippen LogP contribution is -2.46. The van der Waals surface area contributed by atoms with Gasteiger partial charge in [-0.2, -0.15) is 4.36 Å². The quantitative estimate of drug-likeness (QED) is 0.839. The molecule has 6 nitrogen and oxygen atoms in total. The molecule has 1 aromatic rings. The van der Waals surface area contributed by atoms with Gasteiger partial charge in [0, 0.05) is 29.2 Å². The van der Waals surface area contributed by atoms with Gasteiger partial charge in [-0.05, 0) is 43.7 Å². The third kappa shape index (κ3) is 3.67. The van der Waals surface area contributed by atoms with Crippen LogP contribution in [-0.4, -0.2) is 50.6 Å². The van der Waals surface area contributed by atoms with Crippen LogP contribution in [0.25, 0.3) is 0 Å². The Kier molecular flexibility index (Phi) is 5.07. The molecule has 2 N–H and O–H groups in total. The SMILES string of the molecule is NC1CCS(=O)(=NC(=O)[C@@H]2C[C@@H]3CCCC[C@@H]3N2C(=O)c2ccccc2)C1. The van der Waals surface area contributed by atoms with Crippen molar-refractivity contribution in [3.63, 3.8) is 0 Å². The predicted molar refractivity (Wildman–Crippen MR) is 105 cm³/mol. The number of amides is 2. The molecule has 3 aliphatic rings. The highest BCUT2D eigenvalue weighted by molar-refractivity contribution is 7.94. The van der Waals surface area contributed by atoms with Crippen molar-refractivity contribution in [1.29, 1.82) is 0 Å². The summed E-state index contributed by atoms with van der Waals surface area (Å²) in [7, 11) is -2.57. The van der Waals surface area contributed by atoms with Crippen LogP contribution < -0.4 is 5.73 Å². The van der Waals surface area contributed by atoms with E-state index in [1.807, 2.05) is 18.2 Å². The molecule has 27 heavy (non-hydrogen) atoms. The molecule has 1 aromatic carbocycles. The maximum absolute atomic E-state index is 13.2. The van der Waals surface area contributed by atoms with Gasteiger partial charge in [0.1, 0.15) is 6.04 Å². The molecule has 0 spiro atoms. The first kappa shape index (κ1) is 18.6. The molecule has 0 aromatic heterocycles. The second-order valence-electron chi connectivity index (χ2n) is 8.06. The molecular weight excluding hydrogens is 362 g/mol. The Bertz CT molecular complexity index is 847. The van der Waals surface area contributed by atoms with Crippen LogP contribution in [0.4, 0.5) is 0 Å². The number of hydrogen-bond donors (Lipinski definition) is 1. The van der Waals surface area contributed by atoms with Crippen LogP contribution in [0.1, 0.15) is 48.9 Å². The van der Waals surface area contributed by atoms with E-state index in [0.29, 0.717) is 30.1 Å². The van der Waals surface area contributed by atoms with Crippen molar-refractivity contribution in [2.75, 3.05) is 11.5 Å². The number of hydrogen-bond acceptors (Lipinski definition) is 4.